The van der Waals surface area contributed by atoms with Crippen LogP contribution in [0.15, 0.2) is 121 Å². The van der Waals surface area contributed by atoms with Gasteiger partial charge in [0.2, 0.25) is 0 Å². The van der Waals surface area contributed by atoms with Crippen molar-refractivity contribution in [3.8, 4) is 0 Å². The Morgan fingerprint density at radius 3 is 1.32 bits per heavy atom. The Balaban J connectivity index is 1.42. The summed E-state index contributed by atoms with van der Waals surface area (Å²) >= 11 is 0. The average molecular weight is 831 g/mol. The van der Waals surface area contributed by atoms with E-state index in [2.05, 4.69) is 193 Å². The number of hydrogen-bond acceptors (Lipinski definition) is 2. The van der Waals surface area contributed by atoms with Crippen LogP contribution in [0, 0.1) is 27.7 Å². The minimum atomic E-state index is -0.0453. The summed E-state index contributed by atoms with van der Waals surface area (Å²) in [5.74, 6) is 1.58. The third-order valence-electron chi connectivity index (χ3n) is 15.0. The predicted molar refractivity (Wildman–Crippen MR) is 274 cm³/mol. The summed E-state index contributed by atoms with van der Waals surface area (Å²) in [5, 5.41) is 5.10. The van der Waals surface area contributed by atoms with E-state index in [-0.39, 0.29) is 5.41 Å². The lowest BCUT2D eigenvalue weighted by molar-refractivity contribution is 0.443. The van der Waals surface area contributed by atoms with Crippen molar-refractivity contribution in [1.82, 2.24) is 0 Å². The van der Waals surface area contributed by atoms with Gasteiger partial charge >= 0.3 is 0 Å². The van der Waals surface area contributed by atoms with Crippen LogP contribution in [-0.4, -0.2) is 0 Å². The van der Waals surface area contributed by atoms with E-state index in [0.29, 0.717) is 17.8 Å². The largest absolute Gasteiger partial charge is 0.309 e. The zero-order chi connectivity index (χ0) is 44.0. The summed E-state index contributed by atoms with van der Waals surface area (Å²) in [6, 6.07) is 48.2. The molecule has 2 aliphatic rings. The minimum absolute atomic E-state index is 0.0453. The van der Waals surface area contributed by atoms with Crippen LogP contribution < -0.4 is 9.80 Å². The first kappa shape index (κ1) is 42.9. The monoisotopic (exact) mass is 831 g/mol. The van der Waals surface area contributed by atoms with Crippen molar-refractivity contribution in [2.75, 3.05) is 9.80 Å². The molecule has 0 N–H and O–H groups in total. The maximum absolute atomic E-state index is 2.62. The molecule has 2 aliphatic carbocycles. The van der Waals surface area contributed by atoms with Crippen LogP contribution in [0.25, 0.3) is 21.5 Å². The highest BCUT2D eigenvalue weighted by Crippen LogP contribution is 2.53. The molecular formula is C61H70N2. The van der Waals surface area contributed by atoms with Crippen molar-refractivity contribution in [2.45, 2.75) is 150 Å². The topological polar surface area (TPSA) is 6.48 Å². The molecule has 2 saturated carbocycles. The molecule has 2 heteroatoms. The Bertz CT molecular complexity index is 2770. The molecule has 63 heavy (non-hydrogen) atoms. The van der Waals surface area contributed by atoms with E-state index in [1.807, 2.05) is 0 Å². The molecule has 0 amide bonds. The van der Waals surface area contributed by atoms with E-state index in [1.54, 1.807) is 0 Å². The lowest BCUT2D eigenvalue weighted by atomic mass is 9.83. The van der Waals surface area contributed by atoms with Crippen LogP contribution in [0.5, 0.6) is 0 Å². The van der Waals surface area contributed by atoms with Crippen molar-refractivity contribution in [3.63, 3.8) is 0 Å². The van der Waals surface area contributed by atoms with Crippen molar-refractivity contribution in [2.24, 2.45) is 0 Å². The molecule has 2 nitrogen and oxygen atoms in total. The molecule has 0 heterocycles. The number of nitrogens with zero attached hydrogens (tertiary/aromatic N) is 2. The smallest absolute Gasteiger partial charge is 0.0620 e. The van der Waals surface area contributed by atoms with E-state index >= 15 is 0 Å². The summed E-state index contributed by atoms with van der Waals surface area (Å²) in [6.07, 6.45) is 13.1. The molecule has 2 fully saturated rings. The minimum Gasteiger partial charge on any atom is -0.309 e. The summed E-state index contributed by atoms with van der Waals surface area (Å²) in [7, 11) is 0. The van der Waals surface area contributed by atoms with Crippen LogP contribution >= 0.6 is 0 Å². The highest BCUT2D eigenvalue weighted by molar-refractivity contribution is 6.23. The number of rotatable bonds is 9. The molecule has 324 valence electrons. The molecule has 0 bridgehead atoms. The summed E-state index contributed by atoms with van der Waals surface area (Å²) < 4.78 is 0. The summed E-state index contributed by atoms with van der Waals surface area (Å²) in [4.78, 5) is 5.25. The van der Waals surface area contributed by atoms with Crippen LogP contribution in [0.4, 0.5) is 34.1 Å². The number of hydrogen-bond donors (Lipinski definition) is 0. The highest BCUT2D eigenvalue weighted by Gasteiger charge is 2.29. The van der Waals surface area contributed by atoms with Gasteiger partial charge in [0.25, 0.3) is 0 Å². The molecular weight excluding hydrogens is 761 g/mol. The number of aryl methyl sites for hydroxylation is 4. The lowest BCUT2D eigenvalue weighted by Gasteiger charge is -2.35. The Morgan fingerprint density at radius 1 is 0.429 bits per heavy atom. The third-order valence-corrected chi connectivity index (χ3v) is 15.0. The van der Waals surface area contributed by atoms with Crippen LogP contribution in [0.2, 0.25) is 0 Å². The van der Waals surface area contributed by atoms with Gasteiger partial charge in [0, 0.05) is 44.3 Å². The fourth-order valence-corrected chi connectivity index (χ4v) is 10.8. The van der Waals surface area contributed by atoms with E-state index in [9.17, 15) is 0 Å². The van der Waals surface area contributed by atoms with Crippen LogP contribution in [0.1, 0.15) is 161 Å². The Hall–Kier alpha value is -5.34. The third kappa shape index (κ3) is 8.56. The van der Waals surface area contributed by atoms with Gasteiger partial charge in [-0.1, -0.05) is 134 Å². The highest BCUT2D eigenvalue weighted by atomic mass is 15.2. The maximum Gasteiger partial charge on any atom is 0.0620 e. The molecule has 0 radical (unpaired) electrons. The van der Waals surface area contributed by atoms with Gasteiger partial charge in [0.1, 0.15) is 0 Å². The van der Waals surface area contributed by atoms with Crippen LogP contribution in [-0.2, 0) is 5.41 Å². The summed E-state index contributed by atoms with van der Waals surface area (Å²) in [5.41, 5.74) is 18.2. The Morgan fingerprint density at radius 2 is 0.873 bits per heavy atom. The van der Waals surface area contributed by atoms with Crippen molar-refractivity contribution >= 4 is 55.7 Å². The zero-order valence-electron chi connectivity index (χ0n) is 39.7. The number of anilines is 6. The SMILES string of the molecule is Cc1ccc(N(c2cccc(C3CCCCC3)c2)c2c3ccc(C(C)(C)C)cc3c(N(c3cccc(C4CCCCC4)c3)c3ccc(C)c(C)c3)c3ccc(C(C)C)cc23)cc1C. The lowest BCUT2D eigenvalue weighted by Crippen LogP contribution is -2.17. The maximum atomic E-state index is 2.62. The molecule has 0 aliphatic heterocycles. The van der Waals surface area contributed by atoms with E-state index in [1.165, 1.54) is 164 Å². The first-order valence-electron chi connectivity index (χ1n) is 24.3. The molecule has 9 rings (SSSR count). The van der Waals surface area contributed by atoms with Gasteiger partial charge in [-0.05, 0) is 182 Å². The van der Waals surface area contributed by atoms with Crippen molar-refractivity contribution in [1.29, 1.82) is 0 Å². The van der Waals surface area contributed by atoms with Gasteiger partial charge in [0.05, 0.1) is 11.4 Å². The molecule has 0 spiro atoms. The zero-order valence-corrected chi connectivity index (χ0v) is 39.7. The van der Waals surface area contributed by atoms with Crippen molar-refractivity contribution < 1.29 is 0 Å². The molecule has 0 saturated heterocycles. The number of fused-ring (bicyclic) bond motifs is 2. The van der Waals surface area contributed by atoms with E-state index in [4.69, 9.17) is 0 Å². The second kappa shape index (κ2) is 17.7. The number of benzene rings is 7. The van der Waals surface area contributed by atoms with Gasteiger partial charge in [-0.15, -0.1) is 0 Å². The molecule has 0 aromatic heterocycles. The van der Waals surface area contributed by atoms with Gasteiger partial charge < -0.3 is 9.80 Å². The Kier molecular flexibility index (Phi) is 12.0. The van der Waals surface area contributed by atoms with Gasteiger partial charge in [-0.2, -0.15) is 0 Å². The quantitative estimate of drug-likeness (QED) is 0.106. The standard InChI is InChI=1S/C61H70N2/c1-40(2)47-28-32-55-57(38-47)59(62(53-30-26-41(3)43(5)34-53)51-24-16-22-48(36-51)45-18-12-10-13-19-45)56-33-29-50(61(7,8)9)39-58(56)60(55)63(54-31-27-42(4)44(6)35-54)52-25-17-23-49(37-52)46-20-14-11-15-21-46/h16-17,22-40,45-46H,10-15,18-21H2,1-9H3. The molecule has 7 aromatic rings. The molecule has 0 unspecified atom stereocenters. The van der Waals surface area contributed by atoms with E-state index in [0.717, 1.165) is 0 Å². The van der Waals surface area contributed by atoms with Crippen LogP contribution in [0.3, 0.4) is 0 Å². The molecule has 0 atom stereocenters. The fourth-order valence-electron chi connectivity index (χ4n) is 10.8. The fraction of sp³-hybridized carbons (Fsp3) is 0.377. The Labute approximate surface area is 379 Å². The normalized spacial score (nSPS) is 15.4. The first-order chi connectivity index (χ1) is 30.4. The molecule has 7 aromatic carbocycles. The van der Waals surface area contributed by atoms with Gasteiger partial charge in [0.15, 0.2) is 0 Å². The summed E-state index contributed by atoms with van der Waals surface area (Å²) in [6.45, 7) is 20.8. The van der Waals surface area contributed by atoms with E-state index < -0.39 is 0 Å². The second-order valence-corrected chi connectivity index (χ2v) is 20.7. The van der Waals surface area contributed by atoms with Gasteiger partial charge in [-0.25, -0.2) is 0 Å². The van der Waals surface area contributed by atoms with Gasteiger partial charge in [-0.3, -0.25) is 0 Å². The predicted octanol–water partition coefficient (Wildman–Crippen LogP) is 18.7. The first-order valence-corrected chi connectivity index (χ1v) is 24.3. The van der Waals surface area contributed by atoms with Crippen molar-refractivity contribution in [3.05, 3.63) is 166 Å². The second-order valence-electron chi connectivity index (χ2n) is 20.7. The average Bonchev–Trinajstić information content (AvgIpc) is 3.29.